The molecule has 1 saturated heterocycles. The smallest absolute Gasteiger partial charge is 0.325 e. The Kier molecular flexibility index (Phi) is 4.59. The Morgan fingerprint density at radius 3 is 2.76 bits per heavy atom. The Morgan fingerprint density at radius 1 is 1.32 bits per heavy atom. The minimum Gasteiger partial charge on any atom is -0.325 e. The van der Waals surface area contributed by atoms with Gasteiger partial charge in [-0.1, -0.05) is 0 Å². The van der Waals surface area contributed by atoms with E-state index in [0.717, 1.165) is 0 Å². The van der Waals surface area contributed by atoms with Gasteiger partial charge in [0.05, 0.1) is 23.0 Å². The third-order valence-electron chi connectivity index (χ3n) is 4.63. The first-order chi connectivity index (χ1) is 11.7. The van der Waals surface area contributed by atoms with Crippen LogP contribution in [0.4, 0.5) is 18.9 Å². The summed E-state index contributed by atoms with van der Waals surface area (Å²) in [7, 11) is 0. The number of halogens is 3. The number of piperidine rings is 1. The first-order valence-corrected chi connectivity index (χ1v) is 8.08. The van der Waals surface area contributed by atoms with Gasteiger partial charge in [-0.2, -0.15) is 13.2 Å². The van der Waals surface area contributed by atoms with Crippen molar-refractivity contribution in [3.8, 4) is 0 Å². The first-order valence-electron chi connectivity index (χ1n) is 8.08. The van der Waals surface area contributed by atoms with E-state index in [1.165, 1.54) is 0 Å². The van der Waals surface area contributed by atoms with Crippen molar-refractivity contribution in [3.05, 3.63) is 28.7 Å². The molecule has 0 radical (unpaired) electrons. The minimum atomic E-state index is -4.24. The summed E-state index contributed by atoms with van der Waals surface area (Å²) in [6.45, 7) is 1.90. The van der Waals surface area contributed by atoms with E-state index in [2.05, 4.69) is 15.3 Å². The second kappa shape index (κ2) is 6.55. The molecular formula is C16H19F3N4O2. The highest BCUT2D eigenvalue weighted by atomic mass is 19.4. The van der Waals surface area contributed by atoms with E-state index in [4.69, 9.17) is 0 Å². The Balaban J connectivity index is 1.68. The van der Waals surface area contributed by atoms with E-state index < -0.39 is 18.1 Å². The predicted molar refractivity (Wildman–Crippen MR) is 87.4 cm³/mol. The predicted octanol–water partition coefficient (Wildman–Crippen LogP) is 2.46. The Bertz CT molecular complexity index is 827. The van der Waals surface area contributed by atoms with E-state index in [1.807, 2.05) is 0 Å². The topological polar surface area (TPSA) is 81.0 Å². The average Bonchev–Trinajstić information content (AvgIpc) is 2.92. The van der Waals surface area contributed by atoms with Crippen LogP contribution in [0.2, 0.25) is 0 Å². The average molecular weight is 356 g/mol. The first kappa shape index (κ1) is 17.5. The zero-order chi connectivity index (χ0) is 18.2. The molecule has 3 rings (SSSR count). The summed E-state index contributed by atoms with van der Waals surface area (Å²) in [6.07, 6.45) is -3.72. The monoisotopic (exact) mass is 356 g/mol. The summed E-state index contributed by atoms with van der Waals surface area (Å²) in [5, 5.41) is 2.70. The molecule has 1 aliphatic heterocycles. The van der Waals surface area contributed by atoms with Crippen LogP contribution in [-0.2, 0) is 4.79 Å². The molecule has 6 nitrogen and oxygen atoms in total. The molecular weight excluding hydrogens is 337 g/mol. The number of hydrogen-bond acceptors (Lipinski definition) is 3. The van der Waals surface area contributed by atoms with Crippen LogP contribution >= 0.6 is 0 Å². The summed E-state index contributed by atoms with van der Waals surface area (Å²) in [4.78, 5) is 30.4. The van der Waals surface area contributed by atoms with Gasteiger partial charge in [0.1, 0.15) is 0 Å². The molecule has 0 saturated carbocycles. The number of aromatic amines is 2. The lowest BCUT2D eigenvalue weighted by molar-refractivity contribution is -0.188. The van der Waals surface area contributed by atoms with Gasteiger partial charge in [0.25, 0.3) is 0 Å². The summed E-state index contributed by atoms with van der Waals surface area (Å²) in [6, 6.07) is 4.21. The van der Waals surface area contributed by atoms with Crippen LogP contribution in [0.15, 0.2) is 23.0 Å². The minimum absolute atomic E-state index is 0.103. The van der Waals surface area contributed by atoms with Crippen molar-refractivity contribution in [2.45, 2.75) is 32.0 Å². The summed E-state index contributed by atoms with van der Waals surface area (Å²) in [5.74, 6) is -1.77. The van der Waals surface area contributed by atoms with Crippen LogP contribution in [0, 0.1) is 5.92 Å². The normalized spacial score (nSPS) is 20.6. The van der Waals surface area contributed by atoms with E-state index >= 15 is 0 Å². The van der Waals surface area contributed by atoms with E-state index in [1.54, 1.807) is 30.0 Å². The number of H-pyrrole nitrogens is 2. The lowest BCUT2D eigenvalue weighted by Gasteiger charge is -2.36. The van der Waals surface area contributed by atoms with Crippen LogP contribution in [0.5, 0.6) is 0 Å². The number of carbonyl (C=O) groups excluding carboxylic acids is 1. The van der Waals surface area contributed by atoms with Crippen LogP contribution in [-0.4, -0.2) is 46.1 Å². The van der Waals surface area contributed by atoms with Crippen molar-refractivity contribution in [1.29, 1.82) is 0 Å². The molecule has 0 bridgehead atoms. The maximum Gasteiger partial charge on any atom is 0.393 e. The molecule has 25 heavy (non-hydrogen) atoms. The van der Waals surface area contributed by atoms with E-state index in [0.29, 0.717) is 29.7 Å². The zero-order valence-corrected chi connectivity index (χ0v) is 13.6. The third-order valence-corrected chi connectivity index (χ3v) is 4.63. The highest BCUT2D eigenvalue weighted by molar-refractivity contribution is 5.96. The number of alkyl halides is 3. The number of anilines is 1. The second-order valence-electron chi connectivity index (χ2n) is 6.38. The summed E-state index contributed by atoms with van der Waals surface area (Å²) in [5.41, 5.74) is 1.29. The molecule has 1 aliphatic rings. The van der Waals surface area contributed by atoms with Crippen molar-refractivity contribution < 1.29 is 18.0 Å². The second-order valence-corrected chi connectivity index (χ2v) is 6.38. The van der Waals surface area contributed by atoms with Crippen molar-refractivity contribution in [2.75, 3.05) is 18.4 Å². The highest BCUT2D eigenvalue weighted by Gasteiger charge is 2.43. The lowest BCUT2D eigenvalue weighted by Crippen LogP contribution is -2.49. The highest BCUT2D eigenvalue weighted by Crippen LogP contribution is 2.33. The number of nitrogens with zero attached hydrogens (tertiary/aromatic N) is 1. The molecule has 3 N–H and O–H groups in total. The van der Waals surface area contributed by atoms with E-state index in [-0.39, 0.29) is 24.6 Å². The quantitative estimate of drug-likeness (QED) is 0.790. The number of hydrogen-bond donors (Lipinski definition) is 3. The number of nitrogens with one attached hydrogen (secondary N) is 3. The van der Waals surface area contributed by atoms with Gasteiger partial charge in [0, 0.05) is 12.2 Å². The van der Waals surface area contributed by atoms with Crippen molar-refractivity contribution in [2.24, 2.45) is 5.92 Å². The van der Waals surface area contributed by atoms with Gasteiger partial charge in [-0.05, 0) is 44.5 Å². The van der Waals surface area contributed by atoms with Gasteiger partial charge in [0.15, 0.2) is 0 Å². The standard InChI is InChI=1S/C16H19F3N4O2/c1-9(23-6-2-3-10(8-23)16(17,18)19)14(24)20-11-4-5-12-13(7-11)22-15(25)21-12/h4-5,7,9-10H,2-3,6,8H2,1H3,(H,20,24)(H2,21,22,25)/t9-,10+/m1/s1. The Hall–Kier alpha value is -2.29. The molecule has 1 fully saturated rings. The fraction of sp³-hybridized carbons (Fsp3) is 0.500. The molecule has 2 aromatic rings. The number of amides is 1. The molecule has 0 spiro atoms. The maximum atomic E-state index is 12.9. The van der Waals surface area contributed by atoms with Gasteiger partial charge in [0.2, 0.25) is 5.91 Å². The van der Waals surface area contributed by atoms with Gasteiger partial charge < -0.3 is 15.3 Å². The lowest BCUT2D eigenvalue weighted by atomic mass is 9.96. The number of aromatic nitrogens is 2. The number of imidazole rings is 1. The Morgan fingerprint density at radius 2 is 2.04 bits per heavy atom. The van der Waals surface area contributed by atoms with Gasteiger partial charge in [-0.25, -0.2) is 4.79 Å². The SMILES string of the molecule is C[C@H](C(=O)Nc1ccc2[nH]c(=O)[nH]c2c1)N1CCC[C@H](C(F)(F)F)C1. The van der Waals surface area contributed by atoms with Gasteiger partial charge in [-0.3, -0.25) is 9.69 Å². The van der Waals surface area contributed by atoms with Crippen LogP contribution < -0.4 is 11.0 Å². The molecule has 1 amide bonds. The fourth-order valence-electron chi connectivity index (χ4n) is 3.15. The molecule has 1 aromatic carbocycles. The number of rotatable bonds is 3. The van der Waals surface area contributed by atoms with Crippen molar-refractivity contribution >= 4 is 22.6 Å². The molecule has 9 heteroatoms. The number of benzene rings is 1. The van der Waals surface area contributed by atoms with Crippen LogP contribution in [0.1, 0.15) is 19.8 Å². The van der Waals surface area contributed by atoms with Crippen LogP contribution in [0.25, 0.3) is 11.0 Å². The summed E-state index contributed by atoms with van der Waals surface area (Å²) >= 11 is 0. The molecule has 0 unspecified atom stereocenters. The Labute approximate surface area is 141 Å². The van der Waals surface area contributed by atoms with Crippen molar-refractivity contribution in [1.82, 2.24) is 14.9 Å². The number of fused-ring (bicyclic) bond motifs is 1. The number of carbonyl (C=O) groups is 1. The summed E-state index contributed by atoms with van der Waals surface area (Å²) < 4.78 is 38.8. The van der Waals surface area contributed by atoms with Gasteiger partial charge >= 0.3 is 11.9 Å². The molecule has 1 aromatic heterocycles. The fourth-order valence-corrected chi connectivity index (χ4v) is 3.15. The largest absolute Gasteiger partial charge is 0.393 e. The molecule has 136 valence electrons. The van der Waals surface area contributed by atoms with Crippen molar-refractivity contribution in [3.63, 3.8) is 0 Å². The van der Waals surface area contributed by atoms with E-state index in [9.17, 15) is 22.8 Å². The number of likely N-dealkylation sites (tertiary alicyclic amines) is 1. The third kappa shape index (κ3) is 3.87. The van der Waals surface area contributed by atoms with Crippen LogP contribution in [0.3, 0.4) is 0 Å². The maximum absolute atomic E-state index is 12.9. The van der Waals surface area contributed by atoms with Gasteiger partial charge in [-0.15, -0.1) is 0 Å². The molecule has 0 aliphatic carbocycles. The zero-order valence-electron chi connectivity index (χ0n) is 13.6. The molecule has 2 heterocycles. The molecule has 2 atom stereocenters.